The number of ether oxygens (including phenoxy) is 1. The molecule has 1 amide bonds. The minimum Gasteiger partial charge on any atom is -0.497 e. The van der Waals surface area contributed by atoms with Crippen LogP contribution in [0.3, 0.4) is 0 Å². The average molecular weight is 375 g/mol. The van der Waals surface area contributed by atoms with Crippen LogP contribution in [0.2, 0.25) is 0 Å². The van der Waals surface area contributed by atoms with Gasteiger partial charge in [-0.2, -0.15) is 0 Å². The number of rotatable bonds is 3. The molecule has 1 aliphatic carbocycles. The van der Waals surface area contributed by atoms with E-state index in [9.17, 15) is 9.59 Å². The van der Waals surface area contributed by atoms with Crippen molar-refractivity contribution in [2.45, 2.75) is 45.4 Å². The fraction of sp³-hybridized carbons (Fsp3) is 0.333. The summed E-state index contributed by atoms with van der Waals surface area (Å²) in [5.74, 6) is 0.816. The maximum Gasteiger partial charge on any atom is 0.232 e. The van der Waals surface area contributed by atoms with Crippen LogP contribution in [-0.4, -0.2) is 18.8 Å². The average Bonchev–Trinajstić information content (AvgIpc) is 2.70. The van der Waals surface area contributed by atoms with Crippen molar-refractivity contribution in [2.75, 3.05) is 12.0 Å². The van der Waals surface area contributed by atoms with Crippen LogP contribution in [0.4, 0.5) is 5.69 Å². The van der Waals surface area contributed by atoms with Gasteiger partial charge in [-0.15, -0.1) is 0 Å². The molecular weight excluding hydrogens is 350 g/mol. The zero-order valence-corrected chi connectivity index (χ0v) is 16.6. The SMILES string of the molecule is COc1ccc(C2CC(=O)N(c3ccc(C)c(C)c3)C3=C2C(=O)CCC3)cc1. The number of amides is 1. The predicted octanol–water partition coefficient (Wildman–Crippen LogP) is 4.84. The summed E-state index contributed by atoms with van der Waals surface area (Å²) < 4.78 is 5.25. The van der Waals surface area contributed by atoms with Gasteiger partial charge in [0.2, 0.25) is 5.91 Å². The molecule has 0 aromatic heterocycles. The van der Waals surface area contributed by atoms with Crippen molar-refractivity contribution < 1.29 is 14.3 Å². The van der Waals surface area contributed by atoms with Gasteiger partial charge in [0.15, 0.2) is 5.78 Å². The van der Waals surface area contributed by atoms with Crippen LogP contribution in [0, 0.1) is 13.8 Å². The van der Waals surface area contributed by atoms with E-state index in [-0.39, 0.29) is 17.6 Å². The molecular formula is C24H25NO3. The van der Waals surface area contributed by atoms with Crippen molar-refractivity contribution in [3.05, 3.63) is 70.4 Å². The molecule has 4 heteroatoms. The van der Waals surface area contributed by atoms with Gasteiger partial charge in [-0.25, -0.2) is 0 Å². The quantitative estimate of drug-likeness (QED) is 0.771. The number of hydrogen-bond acceptors (Lipinski definition) is 3. The molecule has 0 saturated heterocycles. The van der Waals surface area contributed by atoms with Crippen molar-refractivity contribution in [1.29, 1.82) is 0 Å². The van der Waals surface area contributed by atoms with Crippen molar-refractivity contribution >= 4 is 17.4 Å². The fourth-order valence-corrected chi connectivity index (χ4v) is 4.28. The van der Waals surface area contributed by atoms with Gasteiger partial charge < -0.3 is 4.74 Å². The molecule has 2 aromatic rings. The highest BCUT2D eigenvalue weighted by atomic mass is 16.5. The van der Waals surface area contributed by atoms with E-state index >= 15 is 0 Å². The number of allylic oxidation sites excluding steroid dienone is 2. The summed E-state index contributed by atoms with van der Waals surface area (Å²) in [5.41, 5.74) is 5.90. The number of benzene rings is 2. The first kappa shape index (κ1) is 18.5. The summed E-state index contributed by atoms with van der Waals surface area (Å²) in [4.78, 5) is 27.9. The lowest BCUT2D eigenvalue weighted by molar-refractivity contribution is -0.119. The zero-order chi connectivity index (χ0) is 19.8. The standard InChI is InChI=1S/C24H25NO3/c1-15-7-10-18(13-16(15)2)25-21-5-4-6-22(26)24(21)20(14-23(25)27)17-8-11-19(28-3)12-9-17/h7-13,20H,4-6,14H2,1-3H3. The monoisotopic (exact) mass is 375 g/mol. The second-order valence-electron chi connectivity index (χ2n) is 7.66. The third-order valence-electron chi connectivity index (χ3n) is 5.94. The molecule has 0 fully saturated rings. The maximum absolute atomic E-state index is 13.2. The number of anilines is 1. The molecule has 0 N–H and O–H groups in total. The van der Waals surface area contributed by atoms with Crippen molar-refractivity contribution in [3.63, 3.8) is 0 Å². The third kappa shape index (κ3) is 3.13. The number of ketones is 1. The van der Waals surface area contributed by atoms with E-state index in [1.54, 1.807) is 12.0 Å². The summed E-state index contributed by atoms with van der Waals surface area (Å²) >= 11 is 0. The molecule has 0 saturated carbocycles. The fourth-order valence-electron chi connectivity index (χ4n) is 4.28. The Bertz CT molecular complexity index is 972. The molecule has 1 heterocycles. The molecule has 2 aliphatic rings. The van der Waals surface area contributed by atoms with Gasteiger partial charge in [0.05, 0.1) is 7.11 Å². The number of carbonyl (C=O) groups excluding carboxylic acids is 2. The number of aryl methyl sites for hydroxylation is 2. The first-order chi connectivity index (χ1) is 13.5. The zero-order valence-electron chi connectivity index (χ0n) is 16.6. The Morgan fingerprint density at radius 1 is 0.964 bits per heavy atom. The minimum absolute atomic E-state index is 0.0533. The van der Waals surface area contributed by atoms with Crippen molar-refractivity contribution in [1.82, 2.24) is 0 Å². The lowest BCUT2D eigenvalue weighted by Gasteiger charge is -2.38. The van der Waals surface area contributed by atoms with Crippen LogP contribution >= 0.6 is 0 Å². The van der Waals surface area contributed by atoms with Gasteiger partial charge in [-0.3, -0.25) is 14.5 Å². The Kier molecular flexibility index (Phi) is 4.80. The van der Waals surface area contributed by atoms with Crippen LogP contribution in [0.15, 0.2) is 53.7 Å². The molecule has 1 unspecified atom stereocenters. The summed E-state index contributed by atoms with van der Waals surface area (Å²) in [6.45, 7) is 4.11. The van der Waals surface area contributed by atoms with Gasteiger partial charge in [0.1, 0.15) is 5.75 Å². The number of hydrogen-bond donors (Lipinski definition) is 0. The summed E-state index contributed by atoms with van der Waals surface area (Å²) in [7, 11) is 1.63. The van der Waals surface area contributed by atoms with E-state index in [0.717, 1.165) is 46.7 Å². The largest absolute Gasteiger partial charge is 0.497 e. The van der Waals surface area contributed by atoms with E-state index in [2.05, 4.69) is 13.8 Å². The van der Waals surface area contributed by atoms with Crippen LogP contribution in [0.25, 0.3) is 0 Å². The lowest BCUT2D eigenvalue weighted by Crippen LogP contribution is -2.40. The van der Waals surface area contributed by atoms with Gasteiger partial charge in [0.25, 0.3) is 0 Å². The minimum atomic E-state index is -0.177. The first-order valence-corrected chi connectivity index (χ1v) is 9.80. The van der Waals surface area contributed by atoms with Gasteiger partial charge >= 0.3 is 0 Å². The normalized spacial score (nSPS) is 19.7. The van der Waals surface area contributed by atoms with Gasteiger partial charge in [0, 0.05) is 35.7 Å². The molecule has 1 atom stereocenters. The number of Topliss-reactive ketones (excluding diaryl/α,β-unsaturated/α-hetero) is 1. The molecule has 2 aromatic carbocycles. The van der Waals surface area contributed by atoms with Crippen LogP contribution in [0.5, 0.6) is 5.75 Å². The Labute approximate surface area is 165 Å². The molecule has 0 spiro atoms. The summed E-state index contributed by atoms with van der Waals surface area (Å²) in [6, 6.07) is 13.8. The second kappa shape index (κ2) is 7.27. The number of methoxy groups -OCH3 is 1. The highest BCUT2D eigenvalue weighted by molar-refractivity contribution is 6.07. The first-order valence-electron chi connectivity index (χ1n) is 9.80. The Morgan fingerprint density at radius 2 is 1.71 bits per heavy atom. The van der Waals surface area contributed by atoms with E-state index in [1.165, 1.54) is 5.56 Å². The topological polar surface area (TPSA) is 46.6 Å². The maximum atomic E-state index is 13.2. The Morgan fingerprint density at radius 3 is 2.39 bits per heavy atom. The van der Waals surface area contributed by atoms with E-state index in [0.29, 0.717) is 12.8 Å². The molecule has 28 heavy (non-hydrogen) atoms. The van der Waals surface area contributed by atoms with Crippen LogP contribution in [-0.2, 0) is 9.59 Å². The molecule has 4 nitrogen and oxygen atoms in total. The van der Waals surface area contributed by atoms with Crippen molar-refractivity contribution in [2.24, 2.45) is 0 Å². The summed E-state index contributed by atoms with van der Waals surface area (Å²) in [5, 5.41) is 0. The van der Waals surface area contributed by atoms with Gasteiger partial charge in [-0.1, -0.05) is 18.2 Å². The third-order valence-corrected chi connectivity index (χ3v) is 5.94. The number of carbonyl (C=O) groups is 2. The second-order valence-corrected chi connectivity index (χ2v) is 7.66. The molecule has 1 aliphatic heterocycles. The lowest BCUT2D eigenvalue weighted by atomic mass is 9.77. The van der Waals surface area contributed by atoms with E-state index < -0.39 is 0 Å². The highest BCUT2D eigenvalue weighted by Gasteiger charge is 2.39. The van der Waals surface area contributed by atoms with E-state index in [1.807, 2.05) is 42.5 Å². The highest BCUT2D eigenvalue weighted by Crippen LogP contribution is 2.43. The summed E-state index contributed by atoms with van der Waals surface area (Å²) in [6.07, 6.45) is 2.41. The van der Waals surface area contributed by atoms with E-state index in [4.69, 9.17) is 4.74 Å². The van der Waals surface area contributed by atoms with Gasteiger partial charge in [-0.05, 0) is 67.6 Å². The van der Waals surface area contributed by atoms with Crippen molar-refractivity contribution in [3.8, 4) is 5.75 Å². The van der Waals surface area contributed by atoms with Crippen LogP contribution in [0.1, 0.15) is 48.3 Å². The molecule has 144 valence electrons. The molecule has 0 bridgehead atoms. The molecule has 0 radical (unpaired) electrons. The van der Waals surface area contributed by atoms with Crippen LogP contribution < -0.4 is 9.64 Å². The Balaban J connectivity index is 1.82. The predicted molar refractivity (Wildman–Crippen MR) is 110 cm³/mol. The number of nitrogens with zero attached hydrogens (tertiary/aromatic N) is 1. The molecule has 4 rings (SSSR count). The Hall–Kier alpha value is -2.88. The smallest absolute Gasteiger partial charge is 0.232 e.